The summed E-state index contributed by atoms with van der Waals surface area (Å²) in [6, 6.07) is 4.19. The molecule has 0 aromatic heterocycles. The van der Waals surface area contributed by atoms with Gasteiger partial charge in [0.05, 0.1) is 0 Å². The van der Waals surface area contributed by atoms with Crippen LogP contribution in [0, 0.1) is 17.6 Å². The van der Waals surface area contributed by atoms with Crippen molar-refractivity contribution in [2.75, 3.05) is 7.05 Å². The third-order valence-electron chi connectivity index (χ3n) is 2.73. The molecule has 0 aliphatic heterocycles. The molecule has 1 N–H and O–H groups in total. The first-order valence-electron chi connectivity index (χ1n) is 5.66. The van der Waals surface area contributed by atoms with E-state index in [9.17, 15) is 8.78 Å². The first-order valence-corrected chi connectivity index (χ1v) is 5.66. The maximum Gasteiger partial charge on any atom is 0.159 e. The Morgan fingerprint density at radius 3 is 2.31 bits per heavy atom. The second kappa shape index (κ2) is 5.94. The lowest BCUT2D eigenvalue weighted by molar-refractivity contribution is 0.458. The quantitative estimate of drug-likeness (QED) is 0.809. The molecule has 16 heavy (non-hydrogen) atoms. The summed E-state index contributed by atoms with van der Waals surface area (Å²) in [7, 11) is 1.84. The molecule has 1 aromatic carbocycles. The number of halogens is 2. The lowest BCUT2D eigenvalue weighted by Gasteiger charge is -2.17. The summed E-state index contributed by atoms with van der Waals surface area (Å²) in [5.74, 6) is -0.953. The molecule has 0 spiro atoms. The lowest BCUT2D eigenvalue weighted by atomic mass is 9.97. The van der Waals surface area contributed by atoms with Gasteiger partial charge in [0.15, 0.2) is 11.6 Å². The van der Waals surface area contributed by atoms with Crippen molar-refractivity contribution in [3.63, 3.8) is 0 Å². The lowest BCUT2D eigenvalue weighted by Crippen LogP contribution is -2.17. The molecular formula is C13H19F2N. The summed E-state index contributed by atoms with van der Waals surface area (Å²) >= 11 is 0. The fourth-order valence-electron chi connectivity index (χ4n) is 1.71. The Morgan fingerprint density at radius 2 is 1.81 bits per heavy atom. The summed E-state index contributed by atoms with van der Waals surface area (Å²) in [4.78, 5) is 0. The van der Waals surface area contributed by atoms with Crippen LogP contribution in [0.4, 0.5) is 8.78 Å². The molecular weight excluding hydrogens is 208 g/mol. The number of nitrogens with one attached hydrogen (secondary N) is 1. The van der Waals surface area contributed by atoms with Crippen LogP contribution in [0.5, 0.6) is 0 Å². The minimum atomic E-state index is -0.789. The van der Waals surface area contributed by atoms with E-state index in [0.717, 1.165) is 18.4 Å². The van der Waals surface area contributed by atoms with E-state index in [4.69, 9.17) is 0 Å². The maximum atomic E-state index is 13.1. The van der Waals surface area contributed by atoms with E-state index in [1.807, 2.05) is 7.05 Å². The van der Waals surface area contributed by atoms with E-state index in [1.54, 1.807) is 6.07 Å². The van der Waals surface area contributed by atoms with Crippen molar-refractivity contribution >= 4 is 0 Å². The second-order valence-corrected chi connectivity index (χ2v) is 4.49. The molecule has 90 valence electrons. The van der Waals surface area contributed by atoms with Crippen molar-refractivity contribution in [3.05, 3.63) is 35.4 Å². The molecule has 0 radical (unpaired) electrons. The van der Waals surface area contributed by atoms with Gasteiger partial charge < -0.3 is 5.32 Å². The van der Waals surface area contributed by atoms with E-state index < -0.39 is 11.6 Å². The molecule has 0 bridgehead atoms. The van der Waals surface area contributed by atoms with E-state index in [0.29, 0.717) is 5.92 Å². The van der Waals surface area contributed by atoms with E-state index in [2.05, 4.69) is 19.2 Å². The van der Waals surface area contributed by atoms with Gasteiger partial charge in [-0.25, -0.2) is 8.78 Å². The van der Waals surface area contributed by atoms with Gasteiger partial charge in [0.25, 0.3) is 0 Å². The Kier molecular flexibility index (Phi) is 4.87. The molecule has 0 aliphatic rings. The highest BCUT2D eigenvalue weighted by atomic mass is 19.2. The average molecular weight is 227 g/mol. The second-order valence-electron chi connectivity index (χ2n) is 4.49. The third-order valence-corrected chi connectivity index (χ3v) is 2.73. The number of benzene rings is 1. The van der Waals surface area contributed by atoms with Crippen LogP contribution in [0.25, 0.3) is 0 Å². The number of hydrogen-bond acceptors (Lipinski definition) is 1. The Labute approximate surface area is 95.9 Å². The maximum absolute atomic E-state index is 13.1. The summed E-state index contributed by atoms with van der Waals surface area (Å²) in [6.45, 7) is 4.30. The van der Waals surface area contributed by atoms with Gasteiger partial charge in [0, 0.05) is 6.04 Å². The highest BCUT2D eigenvalue weighted by molar-refractivity contribution is 5.21. The smallest absolute Gasteiger partial charge is 0.159 e. The molecule has 3 heteroatoms. The van der Waals surface area contributed by atoms with Gasteiger partial charge in [0.2, 0.25) is 0 Å². The van der Waals surface area contributed by atoms with Gasteiger partial charge in [-0.1, -0.05) is 19.9 Å². The first-order chi connectivity index (χ1) is 7.54. The van der Waals surface area contributed by atoms with Gasteiger partial charge in [-0.15, -0.1) is 0 Å². The highest BCUT2D eigenvalue weighted by Gasteiger charge is 2.12. The Hall–Kier alpha value is -0.960. The van der Waals surface area contributed by atoms with Gasteiger partial charge in [-0.2, -0.15) is 0 Å². The first kappa shape index (κ1) is 13.1. The molecule has 1 rings (SSSR count). The Morgan fingerprint density at radius 1 is 1.12 bits per heavy atom. The Balaban J connectivity index is 2.74. The van der Waals surface area contributed by atoms with Crippen LogP contribution in [0.2, 0.25) is 0 Å². The van der Waals surface area contributed by atoms with Gasteiger partial charge >= 0.3 is 0 Å². The number of hydrogen-bond donors (Lipinski definition) is 1. The molecule has 1 aromatic rings. The molecule has 1 atom stereocenters. The zero-order valence-electron chi connectivity index (χ0n) is 10.1. The highest BCUT2D eigenvalue weighted by Crippen LogP contribution is 2.22. The molecule has 0 saturated heterocycles. The topological polar surface area (TPSA) is 12.0 Å². The van der Waals surface area contributed by atoms with Gasteiger partial charge in [-0.05, 0) is 43.5 Å². The van der Waals surface area contributed by atoms with Crippen molar-refractivity contribution in [2.45, 2.75) is 32.7 Å². The van der Waals surface area contributed by atoms with Crippen LogP contribution >= 0.6 is 0 Å². The van der Waals surface area contributed by atoms with Gasteiger partial charge in [0.1, 0.15) is 0 Å². The minimum absolute atomic E-state index is 0.0949. The SMILES string of the molecule is CNC(CCC(C)C)c1ccc(F)c(F)c1. The molecule has 0 amide bonds. The number of rotatable bonds is 5. The molecule has 1 nitrogen and oxygen atoms in total. The predicted molar refractivity (Wildman–Crippen MR) is 62.2 cm³/mol. The van der Waals surface area contributed by atoms with Crippen LogP contribution in [-0.2, 0) is 0 Å². The largest absolute Gasteiger partial charge is 0.313 e. The van der Waals surface area contributed by atoms with Crippen molar-refractivity contribution in [2.24, 2.45) is 5.92 Å². The summed E-state index contributed by atoms with van der Waals surface area (Å²) in [6.07, 6.45) is 1.99. The van der Waals surface area contributed by atoms with Crippen LogP contribution in [0.15, 0.2) is 18.2 Å². The standard InChI is InChI=1S/C13H19F2N/c1-9(2)4-7-13(16-3)10-5-6-11(14)12(15)8-10/h5-6,8-9,13,16H,4,7H2,1-3H3. The molecule has 0 saturated carbocycles. The Bertz CT molecular complexity index is 337. The van der Waals surface area contributed by atoms with Crippen molar-refractivity contribution in [1.82, 2.24) is 5.32 Å². The molecule has 1 unspecified atom stereocenters. The predicted octanol–water partition coefficient (Wildman–Crippen LogP) is 3.66. The summed E-state index contributed by atoms with van der Waals surface area (Å²) < 4.78 is 25.9. The molecule has 0 heterocycles. The monoisotopic (exact) mass is 227 g/mol. The molecule has 0 fully saturated rings. The van der Waals surface area contributed by atoms with Crippen LogP contribution in [-0.4, -0.2) is 7.05 Å². The van der Waals surface area contributed by atoms with Crippen molar-refractivity contribution in [3.8, 4) is 0 Å². The van der Waals surface area contributed by atoms with Crippen molar-refractivity contribution in [1.29, 1.82) is 0 Å². The van der Waals surface area contributed by atoms with Gasteiger partial charge in [-0.3, -0.25) is 0 Å². The van der Waals surface area contributed by atoms with E-state index in [1.165, 1.54) is 12.1 Å². The van der Waals surface area contributed by atoms with E-state index >= 15 is 0 Å². The van der Waals surface area contributed by atoms with Crippen LogP contribution in [0.3, 0.4) is 0 Å². The normalized spacial score (nSPS) is 13.1. The fourth-order valence-corrected chi connectivity index (χ4v) is 1.71. The molecule has 0 aliphatic carbocycles. The summed E-state index contributed by atoms with van der Waals surface area (Å²) in [5.41, 5.74) is 0.807. The van der Waals surface area contributed by atoms with E-state index in [-0.39, 0.29) is 6.04 Å². The van der Waals surface area contributed by atoms with Crippen LogP contribution in [0.1, 0.15) is 38.3 Å². The average Bonchev–Trinajstić information content (AvgIpc) is 2.23. The zero-order chi connectivity index (χ0) is 12.1. The van der Waals surface area contributed by atoms with Crippen LogP contribution < -0.4 is 5.32 Å². The zero-order valence-corrected chi connectivity index (χ0v) is 10.1. The van der Waals surface area contributed by atoms with Crippen molar-refractivity contribution < 1.29 is 8.78 Å². The minimum Gasteiger partial charge on any atom is -0.313 e. The summed E-state index contributed by atoms with van der Waals surface area (Å²) in [5, 5.41) is 3.13. The fraction of sp³-hybridized carbons (Fsp3) is 0.538. The third kappa shape index (κ3) is 3.56.